The summed E-state index contributed by atoms with van der Waals surface area (Å²) in [4.78, 5) is 4.40. The average Bonchev–Trinajstić information content (AvgIpc) is 2.94. The molecule has 2 heterocycles. The third kappa shape index (κ3) is 2.82. The molecule has 0 bridgehead atoms. The SMILES string of the molecule is CCC(C)(C)Cn1cncc1-c1cccc2c1NCCC2. The molecule has 0 fully saturated rings. The molecule has 3 rings (SSSR count). The van der Waals surface area contributed by atoms with Gasteiger partial charge in [0.05, 0.1) is 18.2 Å². The third-order valence-electron chi connectivity index (χ3n) is 4.62. The van der Waals surface area contributed by atoms with Crippen molar-refractivity contribution in [1.82, 2.24) is 9.55 Å². The van der Waals surface area contributed by atoms with Crippen molar-refractivity contribution >= 4 is 5.69 Å². The number of nitrogens with zero attached hydrogens (tertiary/aromatic N) is 2. The van der Waals surface area contributed by atoms with E-state index in [1.807, 2.05) is 12.5 Å². The smallest absolute Gasteiger partial charge is 0.0951 e. The second-order valence-electron chi connectivity index (χ2n) is 6.79. The minimum Gasteiger partial charge on any atom is -0.384 e. The van der Waals surface area contributed by atoms with Crippen molar-refractivity contribution in [3.63, 3.8) is 0 Å². The summed E-state index contributed by atoms with van der Waals surface area (Å²) in [7, 11) is 0. The largest absolute Gasteiger partial charge is 0.384 e. The van der Waals surface area contributed by atoms with Gasteiger partial charge in [0.25, 0.3) is 0 Å². The average molecular weight is 283 g/mol. The van der Waals surface area contributed by atoms with Crippen LogP contribution in [0.15, 0.2) is 30.7 Å². The number of aromatic nitrogens is 2. The maximum Gasteiger partial charge on any atom is 0.0951 e. The Morgan fingerprint density at radius 1 is 1.33 bits per heavy atom. The fourth-order valence-corrected chi connectivity index (χ4v) is 2.97. The lowest BCUT2D eigenvalue weighted by molar-refractivity contribution is 0.296. The highest BCUT2D eigenvalue weighted by Crippen LogP contribution is 2.35. The van der Waals surface area contributed by atoms with Gasteiger partial charge in [-0.2, -0.15) is 0 Å². The number of fused-ring (bicyclic) bond motifs is 1. The fourth-order valence-electron chi connectivity index (χ4n) is 2.97. The Morgan fingerprint density at radius 3 is 3.00 bits per heavy atom. The molecule has 3 nitrogen and oxygen atoms in total. The molecule has 0 amide bonds. The van der Waals surface area contributed by atoms with Crippen LogP contribution in [0, 0.1) is 5.41 Å². The summed E-state index contributed by atoms with van der Waals surface area (Å²) in [5, 5.41) is 3.58. The van der Waals surface area contributed by atoms with Gasteiger partial charge in [0, 0.05) is 24.3 Å². The van der Waals surface area contributed by atoms with Crippen LogP contribution in [0.3, 0.4) is 0 Å². The molecule has 1 N–H and O–H groups in total. The molecule has 3 heteroatoms. The minimum absolute atomic E-state index is 0.289. The number of benzene rings is 1. The summed E-state index contributed by atoms with van der Waals surface area (Å²) < 4.78 is 2.30. The number of imidazole rings is 1. The van der Waals surface area contributed by atoms with E-state index in [1.54, 1.807) is 0 Å². The van der Waals surface area contributed by atoms with Crippen LogP contribution < -0.4 is 5.32 Å². The van der Waals surface area contributed by atoms with Crippen molar-refractivity contribution in [2.45, 2.75) is 46.6 Å². The molecule has 0 spiro atoms. The summed E-state index contributed by atoms with van der Waals surface area (Å²) in [6, 6.07) is 6.62. The molecule has 0 saturated carbocycles. The lowest BCUT2D eigenvalue weighted by atomic mass is 9.90. The van der Waals surface area contributed by atoms with Gasteiger partial charge in [-0.25, -0.2) is 4.98 Å². The van der Waals surface area contributed by atoms with Gasteiger partial charge >= 0.3 is 0 Å². The molecule has 1 aliphatic heterocycles. The van der Waals surface area contributed by atoms with Gasteiger partial charge in [-0.1, -0.05) is 39.0 Å². The summed E-state index contributed by atoms with van der Waals surface area (Å²) in [5.41, 5.74) is 5.54. The zero-order valence-electron chi connectivity index (χ0n) is 13.3. The van der Waals surface area contributed by atoms with Gasteiger partial charge in [-0.15, -0.1) is 0 Å². The highest BCUT2D eigenvalue weighted by atomic mass is 15.1. The van der Waals surface area contributed by atoms with Gasteiger partial charge < -0.3 is 9.88 Å². The van der Waals surface area contributed by atoms with Crippen LogP contribution in [0.1, 0.15) is 39.2 Å². The standard InChI is InChI=1S/C18H25N3/c1-4-18(2,3)12-21-13-19-11-16(21)15-9-5-7-14-8-6-10-20-17(14)15/h5,7,9,11,13,20H,4,6,8,10,12H2,1-3H3. The Morgan fingerprint density at radius 2 is 2.19 bits per heavy atom. The molecule has 0 unspecified atom stereocenters. The lowest BCUT2D eigenvalue weighted by Gasteiger charge is -2.26. The number of anilines is 1. The van der Waals surface area contributed by atoms with Crippen LogP contribution in [0.4, 0.5) is 5.69 Å². The lowest BCUT2D eigenvalue weighted by Crippen LogP contribution is -2.19. The first-order valence-electron chi connectivity index (χ1n) is 7.97. The first-order chi connectivity index (χ1) is 10.1. The molecule has 0 atom stereocenters. The maximum atomic E-state index is 4.40. The van der Waals surface area contributed by atoms with Crippen LogP contribution in [0.25, 0.3) is 11.3 Å². The Kier molecular flexibility index (Phi) is 3.75. The Balaban J connectivity index is 2.01. The van der Waals surface area contributed by atoms with E-state index in [0.29, 0.717) is 0 Å². The van der Waals surface area contributed by atoms with E-state index in [1.165, 1.54) is 35.3 Å². The quantitative estimate of drug-likeness (QED) is 0.904. The zero-order valence-corrected chi connectivity index (χ0v) is 13.3. The normalized spacial score (nSPS) is 14.6. The van der Waals surface area contributed by atoms with Crippen LogP contribution in [-0.4, -0.2) is 16.1 Å². The van der Waals surface area contributed by atoms with Crippen molar-refractivity contribution in [2.75, 3.05) is 11.9 Å². The number of rotatable bonds is 4. The molecule has 0 saturated heterocycles. The van der Waals surface area contributed by atoms with E-state index in [0.717, 1.165) is 19.5 Å². The Hall–Kier alpha value is -1.77. The van der Waals surface area contributed by atoms with Crippen LogP contribution in [-0.2, 0) is 13.0 Å². The molecule has 21 heavy (non-hydrogen) atoms. The molecule has 0 radical (unpaired) electrons. The number of nitrogens with one attached hydrogen (secondary N) is 1. The van der Waals surface area contributed by atoms with E-state index in [9.17, 15) is 0 Å². The molecule has 1 aromatic heterocycles. The third-order valence-corrected chi connectivity index (χ3v) is 4.62. The van der Waals surface area contributed by atoms with Gasteiger partial charge in [-0.05, 0) is 30.2 Å². The summed E-state index contributed by atoms with van der Waals surface area (Å²) >= 11 is 0. The Bertz CT molecular complexity index is 625. The molecule has 2 aromatic rings. The molecule has 0 aliphatic carbocycles. The predicted octanol–water partition coefficient (Wildman–Crippen LogP) is 4.34. The van der Waals surface area contributed by atoms with Gasteiger partial charge in [0.15, 0.2) is 0 Å². The summed E-state index contributed by atoms with van der Waals surface area (Å²) in [5.74, 6) is 0. The van der Waals surface area contributed by atoms with E-state index < -0.39 is 0 Å². The number of para-hydroxylation sites is 1. The summed E-state index contributed by atoms with van der Waals surface area (Å²) in [6.07, 6.45) is 7.52. The van der Waals surface area contributed by atoms with Crippen molar-refractivity contribution < 1.29 is 0 Å². The van der Waals surface area contributed by atoms with E-state index in [-0.39, 0.29) is 5.41 Å². The molecule has 1 aliphatic rings. The molecule has 112 valence electrons. The molecule has 1 aromatic carbocycles. The van der Waals surface area contributed by atoms with E-state index >= 15 is 0 Å². The second-order valence-corrected chi connectivity index (χ2v) is 6.79. The maximum absolute atomic E-state index is 4.40. The van der Waals surface area contributed by atoms with Crippen molar-refractivity contribution in [3.8, 4) is 11.3 Å². The van der Waals surface area contributed by atoms with Crippen LogP contribution in [0.2, 0.25) is 0 Å². The van der Waals surface area contributed by atoms with Gasteiger partial charge in [0.1, 0.15) is 0 Å². The fraction of sp³-hybridized carbons (Fsp3) is 0.500. The van der Waals surface area contributed by atoms with Crippen molar-refractivity contribution in [2.24, 2.45) is 5.41 Å². The zero-order chi connectivity index (χ0) is 14.9. The van der Waals surface area contributed by atoms with Crippen LogP contribution >= 0.6 is 0 Å². The number of aryl methyl sites for hydroxylation is 1. The van der Waals surface area contributed by atoms with E-state index in [4.69, 9.17) is 0 Å². The minimum atomic E-state index is 0.289. The first-order valence-corrected chi connectivity index (χ1v) is 7.97. The second kappa shape index (κ2) is 5.55. The van der Waals surface area contributed by atoms with Crippen LogP contribution in [0.5, 0.6) is 0 Å². The molecular formula is C18H25N3. The number of hydrogen-bond donors (Lipinski definition) is 1. The van der Waals surface area contributed by atoms with Gasteiger partial charge in [0.2, 0.25) is 0 Å². The monoisotopic (exact) mass is 283 g/mol. The molecular weight excluding hydrogens is 258 g/mol. The van der Waals surface area contributed by atoms with Crippen molar-refractivity contribution in [3.05, 3.63) is 36.3 Å². The number of hydrogen-bond acceptors (Lipinski definition) is 2. The van der Waals surface area contributed by atoms with Gasteiger partial charge in [-0.3, -0.25) is 0 Å². The highest BCUT2D eigenvalue weighted by Gasteiger charge is 2.20. The Labute approximate surface area is 127 Å². The highest BCUT2D eigenvalue weighted by molar-refractivity contribution is 5.78. The van der Waals surface area contributed by atoms with E-state index in [2.05, 4.69) is 53.8 Å². The summed E-state index contributed by atoms with van der Waals surface area (Å²) in [6.45, 7) is 8.95. The predicted molar refractivity (Wildman–Crippen MR) is 88.5 cm³/mol. The topological polar surface area (TPSA) is 29.9 Å². The first kappa shape index (κ1) is 14.2. The van der Waals surface area contributed by atoms with Crippen molar-refractivity contribution in [1.29, 1.82) is 0 Å².